The largest absolute Gasteiger partial charge is 0.335 e. The van der Waals surface area contributed by atoms with Gasteiger partial charge in [0, 0.05) is 12.2 Å². The first-order chi connectivity index (χ1) is 10.7. The van der Waals surface area contributed by atoms with E-state index in [1.54, 1.807) is 24.7 Å². The lowest BCUT2D eigenvalue weighted by Gasteiger charge is -2.29. The molecule has 2 aromatic heterocycles. The Morgan fingerprint density at radius 3 is 3.00 bits per heavy atom. The maximum absolute atomic E-state index is 12.3. The molecule has 7 heteroatoms. The lowest BCUT2D eigenvalue weighted by atomic mass is 9.86. The number of amides is 2. The van der Waals surface area contributed by atoms with Gasteiger partial charge in [0.1, 0.15) is 12.7 Å². The predicted octanol–water partition coefficient (Wildman–Crippen LogP) is 2.36. The third kappa shape index (κ3) is 3.24. The first-order valence-corrected chi connectivity index (χ1v) is 7.61. The molecular weight excluding hydrogens is 280 g/mol. The van der Waals surface area contributed by atoms with Crippen LogP contribution >= 0.6 is 0 Å². The summed E-state index contributed by atoms with van der Waals surface area (Å²) in [6, 6.07) is 3.61. The second-order valence-electron chi connectivity index (χ2n) is 5.68. The Labute approximate surface area is 129 Å². The van der Waals surface area contributed by atoms with Crippen LogP contribution in [0.25, 0.3) is 5.82 Å². The summed E-state index contributed by atoms with van der Waals surface area (Å²) < 4.78 is 1.53. The summed E-state index contributed by atoms with van der Waals surface area (Å²) in [7, 11) is 0. The molecule has 2 atom stereocenters. The molecule has 2 amide bonds. The molecule has 116 valence electrons. The van der Waals surface area contributed by atoms with Crippen molar-refractivity contribution in [2.45, 2.75) is 38.6 Å². The quantitative estimate of drug-likeness (QED) is 0.911. The molecule has 7 nitrogen and oxygen atoms in total. The Hall–Kier alpha value is -2.44. The number of hydrogen-bond acceptors (Lipinski definition) is 4. The monoisotopic (exact) mass is 300 g/mol. The average Bonchev–Trinajstić information content (AvgIpc) is 3.04. The fourth-order valence-electron chi connectivity index (χ4n) is 2.85. The third-order valence-corrected chi connectivity index (χ3v) is 4.10. The van der Waals surface area contributed by atoms with E-state index in [1.807, 2.05) is 0 Å². The SMILES string of the molecule is CC1CCCCC1NC(=O)Nc1cccnc1-n1cncn1. The molecule has 1 aliphatic carbocycles. The number of nitrogens with zero attached hydrogens (tertiary/aromatic N) is 4. The summed E-state index contributed by atoms with van der Waals surface area (Å²) >= 11 is 0. The van der Waals surface area contributed by atoms with E-state index in [2.05, 4.69) is 32.6 Å². The highest BCUT2D eigenvalue weighted by atomic mass is 16.2. The van der Waals surface area contributed by atoms with Gasteiger partial charge in [-0.15, -0.1) is 0 Å². The molecule has 2 N–H and O–H groups in total. The van der Waals surface area contributed by atoms with E-state index in [-0.39, 0.29) is 12.1 Å². The third-order valence-electron chi connectivity index (χ3n) is 4.10. The number of nitrogens with one attached hydrogen (secondary N) is 2. The first kappa shape index (κ1) is 14.5. The number of pyridine rings is 1. The van der Waals surface area contributed by atoms with Gasteiger partial charge in [-0.3, -0.25) is 0 Å². The Balaban J connectivity index is 1.69. The average molecular weight is 300 g/mol. The van der Waals surface area contributed by atoms with Crippen LogP contribution in [-0.2, 0) is 0 Å². The van der Waals surface area contributed by atoms with Crippen LogP contribution in [0.2, 0.25) is 0 Å². The summed E-state index contributed by atoms with van der Waals surface area (Å²) in [5, 5.41) is 9.99. The Kier molecular flexibility index (Phi) is 4.32. The Morgan fingerprint density at radius 2 is 2.23 bits per heavy atom. The van der Waals surface area contributed by atoms with Gasteiger partial charge in [0.15, 0.2) is 5.82 Å². The lowest BCUT2D eigenvalue weighted by molar-refractivity contribution is 0.232. The zero-order valence-corrected chi connectivity index (χ0v) is 12.6. The number of urea groups is 1. The molecule has 2 heterocycles. The van der Waals surface area contributed by atoms with Crippen molar-refractivity contribution >= 4 is 11.7 Å². The molecule has 0 radical (unpaired) electrons. The van der Waals surface area contributed by atoms with E-state index < -0.39 is 0 Å². The van der Waals surface area contributed by atoms with Crippen molar-refractivity contribution in [1.82, 2.24) is 25.1 Å². The van der Waals surface area contributed by atoms with Crippen molar-refractivity contribution < 1.29 is 4.79 Å². The van der Waals surface area contributed by atoms with E-state index in [4.69, 9.17) is 0 Å². The maximum atomic E-state index is 12.3. The molecule has 3 rings (SSSR count). The number of carbonyl (C=O) groups excluding carboxylic acids is 1. The molecule has 0 saturated heterocycles. The molecule has 0 aliphatic heterocycles. The van der Waals surface area contributed by atoms with Gasteiger partial charge in [-0.1, -0.05) is 19.8 Å². The lowest BCUT2D eigenvalue weighted by Crippen LogP contribution is -2.43. The zero-order valence-electron chi connectivity index (χ0n) is 12.6. The smallest absolute Gasteiger partial charge is 0.319 e. The highest BCUT2D eigenvalue weighted by molar-refractivity contribution is 5.91. The van der Waals surface area contributed by atoms with E-state index in [0.29, 0.717) is 17.4 Å². The van der Waals surface area contributed by atoms with Crippen LogP contribution in [0.15, 0.2) is 31.0 Å². The minimum absolute atomic E-state index is 0.201. The van der Waals surface area contributed by atoms with Crippen molar-refractivity contribution in [2.75, 3.05) is 5.32 Å². The summed E-state index contributed by atoms with van der Waals surface area (Å²) in [4.78, 5) is 20.4. The number of carbonyl (C=O) groups is 1. The van der Waals surface area contributed by atoms with Crippen molar-refractivity contribution in [1.29, 1.82) is 0 Å². The fourth-order valence-corrected chi connectivity index (χ4v) is 2.85. The highest BCUT2D eigenvalue weighted by Crippen LogP contribution is 2.24. The molecule has 0 aromatic carbocycles. The maximum Gasteiger partial charge on any atom is 0.319 e. The molecule has 2 unspecified atom stereocenters. The van der Waals surface area contributed by atoms with Gasteiger partial charge in [-0.2, -0.15) is 5.10 Å². The fraction of sp³-hybridized carbons (Fsp3) is 0.467. The summed E-state index contributed by atoms with van der Waals surface area (Å²) in [5.74, 6) is 1.06. The molecule has 22 heavy (non-hydrogen) atoms. The Morgan fingerprint density at radius 1 is 1.36 bits per heavy atom. The van der Waals surface area contributed by atoms with Crippen molar-refractivity contribution in [3.8, 4) is 5.82 Å². The molecule has 0 spiro atoms. The second-order valence-corrected chi connectivity index (χ2v) is 5.68. The van der Waals surface area contributed by atoms with Gasteiger partial charge in [0.05, 0.1) is 5.69 Å². The minimum atomic E-state index is -0.201. The van der Waals surface area contributed by atoms with Crippen LogP contribution in [0.5, 0.6) is 0 Å². The molecule has 0 bridgehead atoms. The minimum Gasteiger partial charge on any atom is -0.335 e. The van der Waals surface area contributed by atoms with E-state index in [9.17, 15) is 4.79 Å². The Bertz CT molecular complexity index is 627. The van der Waals surface area contributed by atoms with Crippen LogP contribution in [0, 0.1) is 5.92 Å². The molecule has 1 saturated carbocycles. The van der Waals surface area contributed by atoms with Crippen LogP contribution in [0.3, 0.4) is 0 Å². The van der Waals surface area contributed by atoms with Gasteiger partial charge in [-0.05, 0) is 30.9 Å². The summed E-state index contributed by atoms with van der Waals surface area (Å²) in [5.41, 5.74) is 0.606. The standard InChI is InChI=1S/C15H20N6O/c1-11-5-2-3-6-12(11)19-15(22)20-13-7-4-8-17-14(13)21-10-16-9-18-21/h4,7-12H,2-3,5-6H2,1H3,(H2,19,20,22). The first-order valence-electron chi connectivity index (χ1n) is 7.61. The summed E-state index contributed by atoms with van der Waals surface area (Å²) in [6.45, 7) is 2.19. The molecule has 1 fully saturated rings. The number of anilines is 1. The van der Waals surface area contributed by atoms with Crippen LogP contribution in [0.1, 0.15) is 32.6 Å². The molecule has 1 aliphatic rings. The van der Waals surface area contributed by atoms with Gasteiger partial charge in [-0.25, -0.2) is 19.4 Å². The van der Waals surface area contributed by atoms with E-state index in [1.165, 1.54) is 30.3 Å². The molecule has 2 aromatic rings. The van der Waals surface area contributed by atoms with Gasteiger partial charge >= 0.3 is 6.03 Å². The van der Waals surface area contributed by atoms with Crippen molar-refractivity contribution in [3.05, 3.63) is 31.0 Å². The zero-order chi connectivity index (χ0) is 15.4. The normalized spacial score (nSPS) is 21.3. The highest BCUT2D eigenvalue weighted by Gasteiger charge is 2.23. The summed E-state index contributed by atoms with van der Waals surface area (Å²) in [6.07, 6.45) is 9.27. The second kappa shape index (κ2) is 6.55. The van der Waals surface area contributed by atoms with Crippen LogP contribution < -0.4 is 10.6 Å². The number of aromatic nitrogens is 4. The van der Waals surface area contributed by atoms with Gasteiger partial charge in [0.2, 0.25) is 0 Å². The van der Waals surface area contributed by atoms with Crippen LogP contribution in [-0.4, -0.2) is 31.8 Å². The van der Waals surface area contributed by atoms with Crippen LogP contribution in [0.4, 0.5) is 10.5 Å². The van der Waals surface area contributed by atoms with Crippen molar-refractivity contribution in [2.24, 2.45) is 5.92 Å². The number of rotatable bonds is 3. The predicted molar refractivity (Wildman–Crippen MR) is 82.7 cm³/mol. The van der Waals surface area contributed by atoms with Crippen molar-refractivity contribution in [3.63, 3.8) is 0 Å². The van der Waals surface area contributed by atoms with Gasteiger partial charge < -0.3 is 10.6 Å². The van der Waals surface area contributed by atoms with Gasteiger partial charge in [0.25, 0.3) is 0 Å². The molecular formula is C15H20N6O. The number of hydrogen-bond donors (Lipinski definition) is 2. The van der Waals surface area contributed by atoms with E-state index in [0.717, 1.165) is 6.42 Å². The van der Waals surface area contributed by atoms with E-state index >= 15 is 0 Å². The topological polar surface area (TPSA) is 84.7 Å².